The number of benzene rings is 2. The van der Waals surface area contributed by atoms with E-state index in [9.17, 15) is 15.2 Å². The molecule has 0 amide bonds. The van der Waals surface area contributed by atoms with Crippen molar-refractivity contribution in [2.24, 2.45) is 0 Å². The Morgan fingerprint density at radius 1 is 1.25 bits per heavy atom. The Balaban J connectivity index is 2.28. The number of hydrogen-bond acceptors (Lipinski definition) is 4. The van der Waals surface area contributed by atoms with E-state index in [2.05, 4.69) is 0 Å². The highest BCUT2D eigenvalue weighted by atomic mass is 35.5. The first-order chi connectivity index (χ1) is 9.47. The Hall–Kier alpha value is -2.11. The van der Waals surface area contributed by atoms with Crippen molar-refractivity contribution in [2.45, 2.75) is 13.0 Å². The molecule has 0 saturated heterocycles. The van der Waals surface area contributed by atoms with Crippen LogP contribution < -0.4 is 4.74 Å². The Labute approximate surface area is 120 Å². The Morgan fingerprint density at radius 2 is 1.90 bits per heavy atom. The van der Waals surface area contributed by atoms with E-state index in [1.54, 1.807) is 31.2 Å². The molecule has 0 unspecified atom stereocenters. The second-order valence-corrected chi connectivity index (χ2v) is 4.65. The molecule has 0 fully saturated rings. The van der Waals surface area contributed by atoms with Crippen LogP contribution >= 0.6 is 11.6 Å². The van der Waals surface area contributed by atoms with Crippen LogP contribution in [0.25, 0.3) is 0 Å². The predicted octanol–water partition coefficient (Wildman–Crippen LogP) is 4.09. The summed E-state index contributed by atoms with van der Waals surface area (Å²) in [4.78, 5) is 10.4. The minimum absolute atomic E-state index is 0.115. The van der Waals surface area contributed by atoms with Gasteiger partial charge in [-0.3, -0.25) is 10.1 Å². The van der Waals surface area contributed by atoms with Crippen molar-refractivity contribution in [3.05, 3.63) is 63.2 Å². The predicted molar refractivity (Wildman–Crippen MR) is 75.3 cm³/mol. The van der Waals surface area contributed by atoms with E-state index in [1.807, 2.05) is 0 Å². The van der Waals surface area contributed by atoms with E-state index in [1.165, 1.54) is 18.2 Å². The second kappa shape index (κ2) is 5.90. The molecular weight excluding hydrogens is 282 g/mol. The standard InChI is InChI=1S/C14H12ClNO4/c1-9(17)10-2-5-12(6-3-10)20-14-7-4-11(15)8-13(14)16(18)19/h2-9,17H,1H3/t9-/m0/s1. The van der Waals surface area contributed by atoms with Crippen LogP contribution in [0.2, 0.25) is 5.02 Å². The molecule has 2 aromatic rings. The summed E-state index contributed by atoms with van der Waals surface area (Å²) in [6.45, 7) is 1.65. The second-order valence-electron chi connectivity index (χ2n) is 4.22. The summed E-state index contributed by atoms with van der Waals surface area (Å²) < 4.78 is 5.48. The third-order valence-electron chi connectivity index (χ3n) is 2.71. The highest BCUT2D eigenvalue weighted by Crippen LogP contribution is 2.33. The van der Waals surface area contributed by atoms with Crippen molar-refractivity contribution in [1.29, 1.82) is 0 Å². The lowest BCUT2D eigenvalue weighted by Gasteiger charge is -2.08. The lowest BCUT2D eigenvalue weighted by atomic mass is 10.1. The van der Waals surface area contributed by atoms with Gasteiger partial charge in [-0.05, 0) is 36.8 Å². The molecule has 0 heterocycles. The lowest BCUT2D eigenvalue weighted by molar-refractivity contribution is -0.385. The molecule has 20 heavy (non-hydrogen) atoms. The van der Waals surface area contributed by atoms with Gasteiger partial charge in [-0.2, -0.15) is 0 Å². The molecule has 2 aromatic carbocycles. The van der Waals surface area contributed by atoms with E-state index in [0.29, 0.717) is 5.75 Å². The van der Waals surface area contributed by atoms with Gasteiger partial charge < -0.3 is 9.84 Å². The summed E-state index contributed by atoms with van der Waals surface area (Å²) in [5.74, 6) is 0.559. The van der Waals surface area contributed by atoms with Gasteiger partial charge in [-0.25, -0.2) is 0 Å². The highest BCUT2D eigenvalue weighted by Gasteiger charge is 2.16. The SMILES string of the molecule is C[C@H](O)c1ccc(Oc2ccc(Cl)cc2[N+](=O)[O-])cc1. The molecule has 1 N–H and O–H groups in total. The normalized spacial score (nSPS) is 11.9. The fourth-order valence-corrected chi connectivity index (χ4v) is 1.83. The quantitative estimate of drug-likeness (QED) is 0.680. The lowest BCUT2D eigenvalue weighted by Crippen LogP contribution is -1.94. The molecule has 0 bridgehead atoms. The van der Waals surface area contributed by atoms with E-state index < -0.39 is 11.0 Å². The van der Waals surface area contributed by atoms with Crippen molar-refractivity contribution < 1.29 is 14.8 Å². The average molecular weight is 294 g/mol. The Morgan fingerprint density at radius 3 is 2.45 bits per heavy atom. The molecule has 0 radical (unpaired) electrons. The molecule has 5 nitrogen and oxygen atoms in total. The maximum atomic E-state index is 10.9. The molecule has 1 atom stereocenters. The number of aliphatic hydroxyl groups excluding tert-OH is 1. The Kier molecular flexibility index (Phi) is 4.22. The van der Waals surface area contributed by atoms with Crippen LogP contribution in [0.4, 0.5) is 5.69 Å². The number of nitro benzene ring substituents is 1. The van der Waals surface area contributed by atoms with Crippen LogP contribution in [0, 0.1) is 10.1 Å². The van der Waals surface area contributed by atoms with Gasteiger partial charge >= 0.3 is 5.69 Å². The van der Waals surface area contributed by atoms with Crippen molar-refractivity contribution in [3.63, 3.8) is 0 Å². The van der Waals surface area contributed by atoms with E-state index in [-0.39, 0.29) is 16.5 Å². The highest BCUT2D eigenvalue weighted by molar-refractivity contribution is 6.30. The molecule has 104 valence electrons. The summed E-state index contributed by atoms with van der Waals surface area (Å²) >= 11 is 5.73. The van der Waals surface area contributed by atoms with Crippen molar-refractivity contribution in [3.8, 4) is 11.5 Å². The van der Waals surface area contributed by atoms with E-state index >= 15 is 0 Å². The minimum Gasteiger partial charge on any atom is -0.450 e. The maximum Gasteiger partial charge on any atom is 0.313 e. The first-order valence-corrected chi connectivity index (χ1v) is 6.25. The van der Waals surface area contributed by atoms with Gasteiger partial charge in [0.05, 0.1) is 11.0 Å². The Bertz CT molecular complexity index is 626. The van der Waals surface area contributed by atoms with Gasteiger partial charge in [0.15, 0.2) is 0 Å². The van der Waals surface area contributed by atoms with E-state index in [0.717, 1.165) is 5.56 Å². The van der Waals surface area contributed by atoms with Crippen molar-refractivity contribution in [1.82, 2.24) is 0 Å². The molecule has 2 rings (SSSR count). The smallest absolute Gasteiger partial charge is 0.313 e. The molecule has 0 saturated carbocycles. The average Bonchev–Trinajstić information content (AvgIpc) is 2.41. The van der Waals surface area contributed by atoms with Gasteiger partial charge in [0, 0.05) is 11.1 Å². The van der Waals surface area contributed by atoms with Crippen molar-refractivity contribution >= 4 is 17.3 Å². The molecule has 0 aliphatic rings. The topological polar surface area (TPSA) is 72.6 Å². The summed E-state index contributed by atoms with van der Waals surface area (Å²) in [6, 6.07) is 10.9. The van der Waals surface area contributed by atoms with Crippen LogP contribution in [0.15, 0.2) is 42.5 Å². The monoisotopic (exact) mass is 293 g/mol. The molecule has 6 heteroatoms. The summed E-state index contributed by atoms with van der Waals surface area (Å²) in [7, 11) is 0. The summed E-state index contributed by atoms with van der Waals surface area (Å²) in [5, 5.41) is 20.6. The first-order valence-electron chi connectivity index (χ1n) is 5.87. The van der Waals surface area contributed by atoms with Gasteiger partial charge in [0.2, 0.25) is 5.75 Å². The number of rotatable bonds is 4. The van der Waals surface area contributed by atoms with Crippen molar-refractivity contribution in [2.75, 3.05) is 0 Å². The zero-order valence-corrected chi connectivity index (χ0v) is 11.4. The first kappa shape index (κ1) is 14.3. The largest absolute Gasteiger partial charge is 0.450 e. The van der Waals surface area contributed by atoms with E-state index in [4.69, 9.17) is 16.3 Å². The van der Waals surface area contributed by atoms with Crippen LogP contribution in [0.5, 0.6) is 11.5 Å². The van der Waals surface area contributed by atoms with Gasteiger partial charge in [0.25, 0.3) is 0 Å². The fourth-order valence-electron chi connectivity index (χ4n) is 1.66. The van der Waals surface area contributed by atoms with Gasteiger partial charge in [-0.15, -0.1) is 0 Å². The molecule has 0 aliphatic carbocycles. The number of hydrogen-bond donors (Lipinski definition) is 1. The molecular formula is C14H12ClNO4. The maximum absolute atomic E-state index is 10.9. The number of halogens is 1. The minimum atomic E-state index is -0.575. The molecule has 0 aromatic heterocycles. The van der Waals surface area contributed by atoms with Gasteiger partial charge in [-0.1, -0.05) is 23.7 Å². The summed E-state index contributed by atoms with van der Waals surface area (Å²) in [6.07, 6.45) is -0.575. The fraction of sp³-hybridized carbons (Fsp3) is 0.143. The molecule has 0 aliphatic heterocycles. The van der Waals surface area contributed by atoms with Crippen LogP contribution in [0.1, 0.15) is 18.6 Å². The number of nitrogens with zero attached hydrogens (tertiary/aromatic N) is 1. The molecule has 0 spiro atoms. The zero-order valence-electron chi connectivity index (χ0n) is 10.6. The third kappa shape index (κ3) is 3.26. The van der Waals surface area contributed by atoms with Crippen LogP contribution in [-0.4, -0.2) is 10.0 Å². The third-order valence-corrected chi connectivity index (χ3v) is 2.94. The number of ether oxygens (including phenoxy) is 1. The summed E-state index contributed by atoms with van der Waals surface area (Å²) in [5.41, 5.74) is 0.542. The van der Waals surface area contributed by atoms with Gasteiger partial charge in [0.1, 0.15) is 5.75 Å². The number of aliphatic hydroxyl groups is 1. The zero-order chi connectivity index (χ0) is 14.7. The van der Waals surface area contributed by atoms with Crippen LogP contribution in [-0.2, 0) is 0 Å². The van der Waals surface area contributed by atoms with Crippen LogP contribution in [0.3, 0.4) is 0 Å². The number of nitro groups is 1.